The molecule has 0 aliphatic carbocycles. The Labute approximate surface area is 121 Å². The molecular weight excluding hydrogens is 311 g/mol. The van der Waals surface area contributed by atoms with Crippen LogP contribution in [-0.4, -0.2) is 55.4 Å². The molecule has 0 saturated carbocycles. The fraction of sp³-hybridized carbons (Fsp3) is 0.500. The van der Waals surface area contributed by atoms with Crippen molar-refractivity contribution in [1.29, 1.82) is 0 Å². The molecule has 1 saturated heterocycles. The Kier molecular flexibility index (Phi) is 4.71. The van der Waals surface area contributed by atoms with Gasteiger partial charge in [0, 0.05) is 32.1 Å². The van der Waals surface area contributed by atoms with Gasteiger partial charge >= 0.3 is 0 Å². The summed E-state index contributed by atoms with van der Waals surface area (Å²) in [5, 5.41) is 0. The van der Waals surface area contributed by atoms with Crippen molar-refractivity contribution in [2.24, 2.45) is 0 Å². The summed E-state index contributed by atoms with van der Waals surface area (Å²) >= 11 is 3.12. The maximum Gasteiger partial charge on any atom is 0.167 e. The Morgan fingerprint density at radius 3 is 2.89 bits per heavy atom. The van der Waals surface area contributed by atoms with Crippen LogP contribution in [0.3, 0.4) is 0 Å². The topological polar surface area (TPSA) is 23.6 Å². The van der Waals surface area contributed by atoms with Crippen LogP contribution in [0.4, 0.5) is 4.39 Å². The molecule has 0 radical (unpaired) electrons. The smallest absolute Gasteiger partial charge is 0.167 e. The summed E-state index contributed by atoms with van der Waals surface area (Å²) in [6.07, 6.45) is 0.355. The third kappa shape index (κ3) is 3.41. The molecule has 1 unspecified atom stereocenters. The Morgan fingerprint density at radius 2 is 2.16 bits per heavy atom. The Bertz CT molecular complexity index is 481. The molecule has 1 aliphatic heterocycles. The molecule has 0 aromatic heterocycles. The molecule has 5 heteroatoms. The molecule has 1 aliphatic rings. The predicted octanol–water partition coefficient (Wildman–Crippen LogP) is 2.41. The number of carbonyl (C=O) groups is 1. The van der Waals surface area contributed by atoms with E-state index in [-0.39, 0.29) is 17.4 Å². The lowest BCUT2D eigenvalue weighted by Crippen LogP contribution is -2.50. The highest BCUT2D eigenvalue weighted by atomic mass is 79.9. The zero-order valence-electron chi connectivity index (χ0n) is 11.2. The number of hydrogen-bond donors (Lipinski definition) is 0. The molecule has 104 valence electrons. The van der Waals surface area contributed by atoms with Crippen LogP contribution in [0.25, 0.3) is 0 Å². The second-order valence-electron chi connectivity index (χ2n) is 5.13. The fourth-order valence-corrected chi connectivity index (χ4v) is 2.73. The van der Waals surface area contributed by atoms with Crippen molar-refractivity contribution in [3.05, 3.63) is 34.1 Å². The molecule has 3 nitrogen and oxygen atoms in total. The minimum atomic E-state index is -0.459. The first-order valence-electron chi connectivity index (χ1n) is 6.35. The van der Waals surface area contributed by atoms with Gasteiger partial charge in [0.1, 0.15) is 5.82 Å². The molecule has 0 amide bonds. The summed E-state index contributed by atoms with van der Waals surface area (Å²) in [5.41, 5.74) is 0.177. The number of benzene rings is 1. The number of halogens is 2. The van der Waals surface area contributed by atoms with E-state index in [2.05, 4.69) is 25.7 Å². The maximum atomic E-state index is 13.9. The van der Waals surface area contributed by atoms with Crippen molar-refractivity contribution in [2.75, 3.05) is 33.7 Å². The summed E-state index contributed by atoms with van der Waals surface area (Å²) in [5.74, 6) is -0.592. The van der Waals surface area contributed by atoms with Crippen molar-refractivity contribution in [1.82, 2.24) is 9.80 Å². The largest absolute Gasteiger partial charge is 0.304 e. The Balaban J connectivity index is 2.10. The third-order valence-corrected chi connectivity index (χ3v) is 4.27. The first-order valence-corrected chi connectivity index (χ1v) is 7.14. The lowest BCUT2D eigenvalue weighted by Gasteiger charge is -2.37. The lowest BCUT2D eigenvalue weighted by molar-refractivity contribution is 0.0806. The Hall–Kier alpha value is -0.780. The van der Waals surface area contributed by atoms with Crippen LogP contribution < -0.4 is 0 Å². The Morgan fingerprint density at radius 1 is 1.42 bits per heavy atom. The first kappa shape index (κ1) is 14.6. The van der Waals surface area contributed by atoms with Gasteiger partial charge in [-0.1, -0.05) is 6.07 Å². The summed E-state index contributed by atoms with van der Waals surface area (Å²) in [6.45, 7) is 2.79. The molecule has 1 fully saturated rings. The van der Waals surface area contributed by atoms with E-state index in [1.54, 1.807) is 18.2 Å². The van der Waals surface area contributed by atoms with E-state index in [1.165, 1.54) is 0 Å². The van der Waals surface area contributed by atoms with E-state index in [4.69, 9.17) is 0 Å². The number of rotatable bonds is 3. The fourth-order valence-electron chi connectivity index (χ4n) is 2.36. The van der Waals surface area contributed by atoms with Gasteiger partial charge in [0.15, 0.2) is 5.78 Å². The second-order valence-corrected chi connectivity index (χ2v) is 5.98. The number of Topliss-reactive ketones (excluding diaryl/α,β-unsaturated/α-hetero) is 1. The maximum absolute atomic E-state index is 13.9. The average Bonchev–Trinajstić information content (AvgIpc) is 2.37. The summed E-state index contributed by atoms with van der Waals surface area (Å²) < 4.78 is 14.2. The van der Waals surface area contributed by atoms with E-state index >= 15 is 0 Å². The normalized spacial score (nSPS) is 21.6. The highest BCUT2D eigenvalue weighted by Gasteiger charge is 2.26. The van der Waals surface area contributed by atoms with Crippen LogP contribution in [0.5, 0.6) is 0 Å². The van der Waals surface area contributed by atoms with Crippen LogP contribution >= 0.6 is 15.9 Å². The van der Waals surface area contributed by atoms with Gasteiger partial charge < -0.3 is 9.80 Å². The summed E-state index contributed by atoms with van der Waals surface area (Å²) in [6, 6.07) is 5.00. The molecule has 1 aromatic rings. The highest BCUT2D eigenvalue weighted by molar-refractivity contribution is 9.10. The van der Waals surface area contributed by atoms with Gasteiger partial charge in [0.25, 0.3) is 0 Å². The molecule has 0 bridgehead atoms. The van der Waals surface area contributed by atoms with E-state index in [1.807, 2.05) is 14.1 Å². The van der Waals surface area contributed by atoms with Gasteiger partial charge in [-0.3, -0.25) is 4.79 Å². The molecule has 1 aromatic carbocycles. The molecule has 1 heterocycles. The molecule has 19 heavy (non-hydrogen) atoms. The van der Waals surface area contributed by atoms with Gasteiger partial charge in [-0.2, -0.15) is 0 Å². The van der Waals surface area contributed by atoms with E-state index < -0.39 is 5.82 Å². The predicted molar refractivity (Wildman–Crippen MR) is 77.0 cm³/mol. The molecule has 1 atom stereocenters. The number of ketones is 1. The van der Waals surface area contributed by atoms with Gasteiger partial charge in [-0.25, -0.2) is 4.39 Å². The minimum absolute atomic E-state index is 0.133. The molecule has 2 rings (SSSR count). The van der Waals surface area contributed by atoms with Crippen LogP contribution in [-0.2, 0) is 0 Å². The van der Waals surface area contributed by atoms with Gasteiger partial charge in [0.05, 0.1) is 10.0 Å². The third-order valence-electron chi connectivity index (χ3n) is 3.65. The number of hydrogen-bond acceptors (Lipinski definition) is 3. The monoisotopic (exact) mass is 328 g/mol. The minimum Gasteiger partial charge on any atom is -0.304 e. The van der Waals surface area contributed by atoms with Crippen molar-refractivity contribution >= 4 is 21.7 Å². The van der Waals surface area contributed by atoms with E-state index in [0.29, 0.717) is 10.9 Å². The average molecular weight is 329 g/mol. The molecular formula is C14H18BrFN2O. The summed E-state index contributed by atoms with van der Waals surface area (Å²) in [4.78, 5) is 16.6. The number of likely N-dealkylation sites (N-methyl/N-ethyl adjacent to an activating group) is 2. The van der Waals surface area contributed by atoms with Crippen molar-refractivity contribution < 1.29 is 9.18 Å². The number of carbonyl (C=O) groups excluding carboxylic acids is 1. The van der Waals surface area contributed by atoms with Crippen LogP contribution in [0.2, 0.25) is 0 Å². The summed E-state index contributed by atoms with van der Waals surface area (Å²) in [7, 11) is 4.06. The molecule has 0 N–H and O–H groups in total. The van der Waals surface area contributed by atoms with Crippen LogP contribution in [0.15, 0.2) is 22.7 Å². The van der Waals surface area contributed by atoms with Crippen molar-refractivity contribution in [3.8, 4) is 0 Å². The quantitative estimate of drug-likeness (QED) is 0.796. The molecule has 0 spiro atoms. The standard InChI is InChI=1S/C14H18BrFN2O/c1-17-6-7-18(2)10(9-17)8-13(19)11-4-3-5-12(15)14(11)16/h3-5,10H,6-9H2,1-2H3. The van der Waals surface area contributed by atoms with Gasteiger partial charge in [-0.05, 0) is 42.2 Å². The van der Waals surface area contributed by atoms with Crippen LogP contribution in [0, 0.1) is 5.82 Å². The van der Waals surface area contributed by atoms with Crippen molar-refractivity contribution in [3.63, 3.8) is 0 Å². The zero-order chi connectivity index (χ0) is 14.0. The second kappa shape index (κ2) is 6.11. The lowest BCUT2D eigenvalue weighted by atomic mass is 10.0. The zero-order valence-corrected chi connectivity index (χ0v) is 12.8. The van der Waals surface area contributed by atoms with Gasteiger partial charge in [-0.15, -0.1) is 0 Å². The highest BCUT2D eigenvalue weighted by Crippen LogP contribution is 2.21. The number of nitrogens with zero attached hydrogens (tertiary/aromatic N) is 2. The van der Waals surface area contributed by atoms with Crippen molar-refractivity contribution in [2.45, 2.75) is 12.5 Å². The number of piperazine rings is 1. The van der Waals surface area contributed by atoms with Gasteiger partial charge in [0.2, 0.25) is 0 Å². The van der Waals surface area contributed by atoms with E-state index in [9.17, 15) is 9.18 Å². The first-order chi connectivity index (χ1) is 8.99. The SMILES string of the molecule is CN1CCN(C)C(CC(=O)c2cccc(Br)c2F)C1. The van der Waals surface area contributed by atoms with E-state index in [0.717, 1.165) is 19.6 Å². The van der Waals surface area contributed by atoms with Crippen LogP contribution in [0.1, 0.15) is 16.8 Å².